The van der Waals surface area contributed by atoms with Gasteiger partial charge in [-0.2, -0.15) is 0 Å². The number of carbonyl (C=O) groups excluding carboxylic acids is 2. The third-order valence-corrected chi connectivity index (χ3v) is 8.42. The number of aromatic nitrogens is 2. The lowest BCUT2D eigenvalue weighted by Gasteiger charge is -2.35. The Morgan fingerprint density at radius 3 is 2.67 bits per heavy atom. The van der Waals surface area contributed by atoms with E-state index in [4.69, 9.17) is 35.5 Å². The van der Waals surface area contributed by atoms with Gasteiger partial charge in [0, 0.05) is 56.2 Å². The van der Waals surface area contributed by atoms with Crippen LogP contribution >= 0.6 is 11.6 Å². The van der Waals surface area contributed by atoms with E-state index in [9.17, 15) is 9.59 Å². The number of Topliss-reactive ketones (excluding diaryl/α,β-unsaturated/α-hetero) is 1. The molecule has 3 aliphatic rings. The Morgan fingerprint density at radius 2 is 1.95 bits per heavy atom. The van der Waals surface area contributed by atoms with Gasteiger partial charge >= 0.3 is 0 Å². The highest BCUT2D eigenvalue weighted by atomic mass is 35.5. The van der Waals surface area contributed by atoms with Crippen molar-refractivity contribution in [3.05, 3.63) is 52.4 Å². The van der Waals surface area contributed by atoms with Gasteiger partial charge in [-0.15, -0.1) is 0 Å². The summed E-state index contributed by atoms with van der Waals surface area (Å²) < 4.78 is 24.4. The highest BCUT2D eigenvalue weighted by Gasteiger charge is 2.60. The van der Waals surface area contributed by atoms with E-state index in [1.54, 1.807) is 7.11 Å². The van der Waals surface area contributed by atoms with Crippen molar-refractivity contribution in [2.45, 2.75) is 32.0 Å². The molecule has 10 nitrogen and oxygen atoms in total. The van der Waals surface area contributed by atoms with Crippen molar-refractivity contribution in [3.63, 3.8) is 0 Å². The zero-order valence-electron chi connectivity index (χ0n) is 22.9. The summed E-state index contributed by atoms with van der Waals surface area (Å²) in [6.45, 7) is 5.99. The molecule has 2 atom stereocenters. The molecule has 3 heterocycles. The largest absolute Gasteiger partial charge is 0.496 e. The maximum Gasteiger partial charge on any atom is 0.236 e. The quantitative estimate of drug-likeness (QED) is 0.423. The summed E-state index contributed by atoms with van der Waals surface area (Å²) in [4.78, 5) is 34.6. The number of rotatable bonds is 7. The van der Waals surface area contributed by atoms with Crippen LogP contribution in [0.1, 0.15) is 29.5 Å². The number of hydrogen-bond donors (Lipinski definition) is 1. The first-order chi connectivity index (χ1) is 19.3. The molecule has 1 aliphatic carbocycles. The zero-order chi connectivity index (χ0) is 28.2. The van der Waals surface area contributed by atoms with Gasteiger partial charge in [0.15, 0.2) is 5.75 Å². The van der Waals surface area contributed by atoms with Crippen molar-refractivity contribution in [1.29, 1.82) is 0 Å². The lowest BCUT2D eigenvalue weighted by molar-refractivity contribution is -0.129. The van der Waals surface area contributed by atoms with Gasteiger partial charge in [-0.3, -0.25) is 14.5 Å². The lowest BCUT2D eigenvalue weighted by atomic mass is 9.74. The topological polar surface area (TPSA) is 104 Å². The number of fused-ring (bicyclic) bond motifs is 4. The highest BCUT2D eigenvalue weighted by molar-refractivity contribution is 6.36. The highest BCUT2D eigenvalue weighted by Crippen LogP contribution is 2.53. The Labute approximate surface area is 236 Å². The summed E-state index contributed by atoms with van der Waals surface area (Å²) in [6.07, 6.45) is 1.87. The van der Waals surface area contributed by atoms with Crippen LogP contribution in [-0.4, -0.2) is 72.6 Å². The van der Waals surface area contributed by atoms with Crippen molar-refractivity contribution in [2.24, 2.45) is 5.92 Å². The minimum absolute atomic E-state index is 0.114. The Kier molecular flexibility index (Phi) is 6.72. The number of ketones is 2. The molecule has 1 spiro atoms. The molecule has 0 unspecified atom stereocenters. The Balaban J connectivity index is 1.25. The first-order valence-electron chi connectivity index (χ1n) is 13.2. The van der Waals surface area contributed by atoms with Crippen molar-refractivity contribution >= 4 is 39.9 Å². The van der Waals surface area contributed by atoms with E-state index < -0.39 is 23.1 Å². The molecule has 0 fully saturated rings. The Bertz CT molecular complexity index is 1570. The van der Waals surface area contributed by atoms with E-state index >= 15 is 0 Å². The summed E-state index contributed by atoms with van der Waals surface area (Å²) in [7, 11) is 4.62. The second-order valence-electron chi connectivity index (χ2n) is 10.4. The number of anilines is 1. The molecule has 0 bridgehead atoms. The first-order valence-corrected chi connectivity index (χ1v) is 13.6. The number of methoxy groups -OCH3 is 3. The molecular formula is C29H31ClN4O6. The molecule has 3 aromatic rings. The molecule has 2 aliphatic heterocycles. The SMILES string of the molecule is COCCN1CCn2c(nc3cc(NC4=CC(=O)[C@@]5(Oc6c(Cl)c(OC)cc(OC)c6C5=O)[C@H](C)C4)ccc32)C1. The fourth-order valence-corrected chi connectivity index (χ4v) is 6.23. The van der Waals surface area contributed by atoms with Gasteiger partial charge < -0.3 is 28.8 Å². The van der Waals surface area contributed by atoms with Gasteiger partial charge in [0.05, 0.1) is 38.4 Å². The molecule has 2 aromatic carbocycles. The lowest BCUT2D eigenvalue weighted by Crippen LogP contribution is -2.55. The molecule has 0 amide bonds. The van der Waals surface area contributed by atoms with E-state index in [0.29, 0.717) is 24.5 Å². The van der Waals surface area contributed by atoms with Crippen LogP contribution in [0.2, 0.25) is 5.02 Å². The number of ether oxygens (including phenoxy) is 4. The monoisotopic (exact) mass is 566 g/mol. The van der Waals surface area contributed by atoms with E-state index in [0.717, 1.165) is 48.7 Å². The van der Waals surface area contributed by atoms with Crippen LogP contribution in [0.15, 0.2) is 36.0 Å². The Morgan fingerprint density at radius 1 is 1.15 bits per heavy atom. The van der Waals surface area contributed by atoms with Crippen LogP contribution in [0, 0.1) is 5.92 Å². The fraction of sp³-hybridized carbons (Fsp3) is 0.414. The number of allylic oxidation sites excluding steroid dienone is 1. The van der Waals surface area contributed by atoms with Gasteiger partial charge in [0.2, 0.25) is 17.2 Å². The standard InChI is InChI=1S/C29H31ClN4O6/c1-16-11-18(13-23(35)29(16)28(36)25-21(38-3)14-22(39-4)26(30)27(25)40-29)31-17-5-6-20-19(12-17)32-24-15-33(9-10-37-2)7-8-34(20)24/h5-6,12-14,16,31H,7-11,15H2,1-4H3/t16-,29+/m1/s1. The van der Waals surface area contributed by atoms with Gasteiger partial charge in [0.1, 0.15) is 27.9 Å². The van der Waals surface area contributed by atoms with Crippen molar-refractivity contribution < 1.29 is 28.5 Å². The average molecular weight is 567 g/mol. The summed E-state index contributed by atoms with van der Waals surface area (Å²) in [5.74, 6) is 0.324. The van der Waals surface area contributed by atoms with E-state index in [2.05, 4.69) is 20.9 Å². The van der Waals surface area contributed by atoms with E-state index in [1.165, 1.54) is 26.4 Å². The molecular weight excluding hydrogens is 536 g/mol. The maximum atomic E-state index is 13.7. The number of carbonyl (C=O) groups is 2. The van der Waals surface area contributed by atoms with Crippen molar-refractivity contribution in [2.75, 3.05) is 46.3 Å². The van der Waals surface area contributed by atoms with Crippen LogP contribution in [0.3, 0.4) is 0 Å². The zero-order valence-corrected chi connectivity index (χ0v) is 23.6. The van der Waals surface area contributed by atoms with E-state index in [-0.39, 0.29) is 22.1 Å². The predicted molar refractivity (Wildman–Crippen MR) is 150 cm³/mol. The second-order valence-corrected chi connectivity index (χ2v) is 10.8. The number of halogens is 1. The Hall–Kier alpha value is -3.60. The maximum absolute atomic E-state index is 13.7. The van der Waals surface area contributed by atoms with Crippen molar-refractivity contribution in [1.82, 2.24) is 14.5 Å². The van der Waals surface area contributed by atoms with E-state index in [1.807, 2.05) is 19.1 Å². The van der Waals surface area contributed by atoms with Crippen LogP contribution < -0.4 is 19.5 Å². The minimum Gasteiger partial charge on any atom is -0.496 e. The van der Waals surface area contributed by atoms with Crippen LogP contribution in [0.5, 0.6) is 17.2 Å². The molecule has 0 radical (unpaired) electrons. The summed E-state index contributed by atoms with van der Waals surface area (Å²) in [6, 6.07) is 7.56. The number of nitrogens with one attached hydrogen (secondary N) is 1. The molecule has 6 rings (SSSR count). The van der Waals surface area contributed by atoms with Crippen molar-refractivity contribution in [3.8, 4) is 17.2 Å². The normalized spacial score (nSPS) is 22.2. The number of imidazole rings is 1. The smallest absolute Gasteiger partial charge is 0.236 e. The molecule has 0 saturated carbocycles. The first kappa shape index (κ1) is 26.6. The predicted octanol–water partition coefficient (Wildman–Crippen LogP) is 4.09. The number of hydrogen-bond acceptors (Lipinski definition) is 9. The van der Waals surface area contributed by atoms with Crippen LogP contribution in [-0.2, 0) is 22.6 Å². The second kappa shape index (κ2) is 10.1. The third kappa shape index (κ3) is 4.05. The number of nitrogens with zero attached hydrogens (tertiary/aromatic N) is 3. The average Bonchev–Trinajstić information content (AvgIpc) is 3.46. The van der Waals surface area contributed by atoms with Gasteiger partial charge in [-0.05, 0) is 24.6 Å². The summed E-state index contributed by atoms with van der Waals surface area (Å²) in [5.41, 5.74) is 1.93. The van der Waals surface area contributed by atoms with Gasteiger partial charge in [-0.25, -0.2) is 4.98 Å². The molecule has 40 heavy (non-hydrogen) atoms. The third-order valence-electron chi connectivity index (χ3n) is 8.06. The fourth-order valence-electron chi connectivity index (χ4n) is 5.96. The molecule has 11 heteroatoms. The van der Waals surface area contributed by atoms with Crippen LogP contribution in [0.25, 0.3) is 11.0 Å². The number of benzene rings is 2. The van der Waals surface area contributed by atoms with Gasteiger partial charge in [-0.1, -0.05) is 18.5 Å². The van der Waals surface area contributed by atoms with Gasteiger partial charge in [0.25, 0.3) is 0 Å². The van der Waals surface area contributed by atoms with Crippen LogP contribution in [0.4, 0.5) is 5.69 Å². The summed E-state index contributed by atoms with van der Waals surface area (Å²) >= 11 is 6.49. The minimum atomic E-state index is -1.71. The molecule has 210 valence electrons. The molecule has 1 N–H and O–H groups in total. The summed E-state index contributed by atoms with van der Waals surface area (Å²) in [5, 5.41) is 3.51. The molecule has 1 aromatic heterocycles. The molecule has 0 saturated heterocycles.